The summed E-state index contributed by atoms with van der Waals surface area (Å²) in [6.07, 6.45) is 0. The molecule has 136 valence electrons. The Balaban J connectivity index is 1.94. The van der Waals surface area contributed by atoms with Crippen LogP contribution >= 0.6 is 55.4 Å². The molecule has 0 aliphatic rings. The van der Waals surface area contributed by atoms with E-state index in [9.17, 15) is 17.2 Å². The van der Waals surface area contributed by atoms with Crippen molar-refractivity contribution in [2.45, 2.75) is 18.1 Å². The number of benzene rings is 2. The maximum absolute atomic E-state index is 13.6. The van der Waals surface area contributed by atoms with Crippen LogP contribution in [0.3, 0.4) is 0 Å². The molecule has 0 fully saturated rings. The van der Waals surface area contributed by atoms with Crippen LogP contribution in [0.2, 0.25) is 0 Å². The lowest BCUT2D eigenvalue weighted by atomic mass is 10.3. The smallest absolute Gasteiger partial charge is 0.177 e. The third-order valence-corrected chi connectivity index (χ3v) is 12.2. The largest absolute Gasteiger partial charge is 0.226 e. The van der Waals surface area contributed by atoms with Gasteiger partial charge >= 0.3 is 0 Å². The van der Waals surface area contributed by atoms with Crippen molar-refractivity contribution in [3.05, 3.63) is 60.2 Å². The van der Waals surface area contributed by atoms with Gasteiger partial charge in [-0.05, 0) is 24.3 Å². The van der Waals surface area contributed by atoms with Gasteiger partial charge in [0.05, 0.1) is 0 Å². The first-order valence-electron chi connectivity index (χ1n) is 7.08. The number of hydrogen-bond donors (Lipinski definition) is 0. The molecule has 0 amide bonds. The van der Waals surface area contributed by atoms with Crippen LogP contribution in [-0.2, 0) is 9.84 Å². The average molecular weight is 532 g/mol. The van der Waals surface area contributed by atoms with Crippen molar-refractivity contribution in [3.63, 3.8) is 0 Å². The Morgan fingerprint density at radius 1 is 0.800 bits per heavy atom. The van der Waals surface area contributed by atoms with Gasteiger partial charge in [-0.1, -0.05) is 56.1 Å². The minimum Gasteiger partial charge on any atom is -0.226 e. The molecule has 2 aromatic rings. The SMILES string of the molecule is O=S(=O)(C(Br)CSc1ccccc1F)C(Br)CSc1ccccc1F. The lowest BCUT2D eigenvalue weighted by Gasteiger charge is -2.16. The van der Waals surface area contributed by atoms with E-state index in [0.29, 0.717) is 9.79 Å². The molecular weight excluding hydrogens is 518 g/mol. The Morgan fingerprint density at radius 2 is 1.16 bits per heavy atom. The number of halogens is 4. The molecule has 0 heterocycles. The highest BCUT2D eigenvalue weighted by molar-refractivity contribution is 9.13. The first-order chi connectivity index (χ1) is 11.8. The molecule has 2 aromatic carbocycles. The lowest BCUT2D eigenvalue weighted by Crippen LogP contribution is -2.27. The maximum Gasteiger partial charge on any atom is 0.177 e. The first kappa shape index (κ1) is 21.2. The third-order valence-electron chi connectivity index (χ3n) is 3.13. The monoisotopic (exact) mass is 530 g/mol. The normalized spacial score (nSPS) is 14.2. The second-order valence-electron chi connectivity index (χ2n) is 4.89. The number of thioether (sulfide) groups is 2. The minimum atomic E-state index is -3.56. The molecule has 0 saturated heterocycles. The Bertz CT molecular complexity index is 757. The molecule has 2 nitrogen and oxygen atoms in total. The van der Waals surface area contributed by atoms with E-state index in [4.69, 9.17) is 0 Å². The van der Waals surface area contributed by atoms with Crippen molar-refractivity contribution in [1.29, 1.82) is 0 Å². The second-order valence-corrected chi connectivity index (χ2v) is 12.8. The van der Waals surface area contributed by atoms with Crippen LogP contribution in [-0.4, -0.2) is 28.2 Å². The predicted molar refractivity (Wildman–Crippen MR) is 109 cm³/mol. The molecule has 0 bridgehead atoms. The highest BCUT2D eigenvalue weighted by Gasteiger charge is 2.31. The summed E-state index contributed by atoms with van der Waals surface area (Å²) in [5.74, 6) is -0.434. The third kappa shape index (κ3) is 5.95. The van der Waals surface area contributed by atoms with Gasteiger partial charge < -0.3 is 0 Å². The lowest BCUT2D eigenvalue weighted by molar-refractivity contribution is 0.594. The Kier molecular flexibility index (Phi) is 8.26. The van der Waals surface area contributed by atoms with Crippen molar-refractivity contribution >= 4 is 65.2 Å². The van der Waals surface area contributed by atoms with Crippen molar-refractivity contribution in [2.75, 3.05) is 11.5 Å². The van der Waals surface area contributed by atoms with E-state index in [-0.39, 0.29) is 23.1 Å². The molecule has 0 aliphatic heterocycles. The van der Waals surface area contributed by atoms with E-state index < -0.39 is 18.2 Å². The van der Waals surface area contributed by atoms with Crippen molar-refractivity contribution in [2.24, 2.45) is 0 Å². The van der Waals surface area contributed by atoms with E-state index in [1.807, 2.05) is 0 Å². The molecule has 2 unspecified atom stereocenters. The molecule has 0 spiro atoms. The van der Waals surface area contributed by atoms with Crippen molar-refractivity contribution in [3.8, 4) is 0 Å². The molecule has 2 atom stereocenters. The molecule has 9 heteroatoms. The highest BCUT2D eigenvalue weighted by Crippen LogP contribution is 2.31. The van der Waals surface area contributed by atoms with Crippen molar-refractivity contribution in [1.82, 2.24) is 0 Å². The van der Waals surface area contributed by atoms with E-state index in [2.05, 4.69) is 31.9 Å². The fourth-order valence-electron chi connectivity index (χ4n) is 1.78. The van der Waals surface area contributed by atoms with Gasteiger partial charge in [-0.3, -0.25) is 0 Å². The highest BCUT2D eigenvalue weighted by atomic mass is 79.9. The molecule has 0 N–H and O–H groups in total. The fourth-order valence-corrected chi connectivity index (χ4v) is 8.64. The van der Waals surface area contributed by atoms with Gasteiger partial charge in [-0.2, -0.15) is 0 Å². The summed E-state index contributed by atoms with van der Waals surface area (Å²) in [6, 6.07) is 12.4. The Morgan fingerprint density at radius 3 is 1.52 bits per heavy atom. The van der Waals surface area contributed by atoms with E-state index >= 15 is 0 Å². The van der Waals surface area contributed by atoms with E-state index in [0.717, 1.165) is 23.5 Å². The topological polar surface area (TPSA) is 34.1 Å². The molecule has 0 saturated carbocycles. The van der Waals surface area contributed by atoms with Crippen LogP contribution in [0.15, 0.2) is 58.3 Å². The average Bonchev–Trinajstić information content (AvgIpc) is 2.59. The summed E-state index contributed by atoms with van der Waals surface area (Å²) < 4.78 is 50.6. The molecule has 2 rings (SSSR count). The molecule has 0 radical (unpaired) electrons. The van der Waals surface area contributed by atoms with Gasteiger partial charge in [0.1, 0.15) is 20.0 Å². The molecule has 0 aliphatic carbocycles. The summed E-state index contributed by atoms with van der Waals surface area (Å²) in [6.45, 7) is 0. The fraction of sp³-hybridized carbons (Fsp3) is 0.250. The van der Waals surface area contributed by atoms with Crippen LogP contribution in [0.5, 0.6) is 0 Å². The summed E-state index contributed by atoms with van der Waals surface area (Å²) in [5.41, 5.74) is 0. The zero-order chi connectivity index (χ0) is 18.4. The quantitative estimate of drug-likeness (QED) is 0.323. The predicted octanol–water partition coefficient (Wildman–Crippen LogP) is 5.71. The van der Waals surface area contributed by atoms with Crippen LogP contribution in [0.25, 0.3) is 0 Å². The molecule has 25 heavy (non-hydrogen) atoms. The molecular formula is C16H14Br2F2O2S3. The Labute approximate surface area is 171 Å². The van der Waals surface area contributed by atoms with Crippen LogP contribution < -0.4 is 0 Å². The Hall–Kier alpha value is -0.0900. The summed E-state index contributed by atoms with van der Waals surface area (Å²) in [7, 11) is -3.56. The summed E-state index contributed by atoms with van der Waals surface area (Å²) in [5, 5.41) is 0. The van der Waals surface area contributed by atoms with Gasteiger partial charge in [-0.25, -0.2) is 17.2 Å². The number of hydrogen-bond acceptors (Lipinski definition) is 4. The number of alkyl halides is 2. The van der Waals surface area contributed by atoms with Gasteiger partial charge in [0.25, 0.3) is 0 Å². The van der Waals surface area contributed by atoms with Gasteiger partial charge in [0.2, 0.25) is 0 Å². The second kappa shape index (κ2) is 9.73. The minimum absolute atomic E-state index is 0.162. The van der Waals surface area contributed by atoms with Crippen molar-refractivity contribution < 1.29 is 17.2 Å². The number of rotatable bonds is 8. The number of sulfone groups is 1. The van der Waals surface area contributed by atoms with Gasteiger partial charge in [0, 0.05) is 21.3 Å². The van der Waals surface area contributed by atoms with E-state index in [1.165, 1.54) is 12.1 Å². The zero-order valence-electron chi connectivity index (χ0n) is 12.7. The summed E-state index contributed by atoms with van der Waals surface area (Å²) >= 11 is 8.61. The first-order valence-corrected chi connectivity index (χ1v) is 12.5. The van der Waals surface area contributed by atoms with Crippen LogP contribution in [0.4, 0.5) is 8.78 Å². The maximum atomic E-state index is 13.6. The van der Waals surface area contributed by atoms with E-state index in [1.54, 1.807) is 36.4 Å². The van der Waals surface area contributed by atoms with Gasteiger partial charge in [0.15, 0.2) is 9.84 Å². The van der Waals surface area contributed by atoms with Gasteiger partial charge in [-0.15, -0.1) is 23.5 Å². The zero-order valence-corrected chi connectivity index (χ0v) is 18.4. The van der Waals surface area contributed by atoms with Crippen LogP contribution in [0.1, 0.15) is 0 Å². The standard InChI is InChI=1S/C16H14Br2F2O2S3/c17-15(9-23-13-7-3-1-5-11(13)19)25(21,22)16(18)10-24-14-8-4-2-6-12(14)20/h1-8,15-16H,9-10H2. The molecule has 0 aromatic heterocycles. The summed E-state index contributed by atoms with van der Waals surface area (Å²) in [4.78, 5) is 0.794. The van der Waals surface area contributed by atoms with Crippen LogP contribution in [0, 0.1) is 11.6 Å².